The molecule has 0 spiro atoms. The largest absolute Gasteiger partial charge is 0.496 e. The third-order valence-electron chi connectivity index (χ3n) is 5.84. The number of carbonyl (C=O) groups excluding carboxylic acids is 1. The van der Waals surface area contributed by atoms with Crippen molar-refractivity contribution in [2.75, 3.05) is 27.3 Å². The van der Waals surface area contributed by atoms with E-state index in [4.69, 9.17) is 9.47 Å². The molecule has 0 aromatic heterocycles. The average molecular weight is 461 g/mol. The first kappa shape index (κ1) is 24.1. The molecule has 1 fully saturated rings. The summed E-state index contributed by atoms with van der Waals surface area (Å²) in [5, 5.41) is 3.01. The molecule has 2 aromatic rings. The quantitative estimate of drug-likeness (QED) is 0.640. The van der Waals surface area contributed by atoms with E-state index < -0.39 is 10.0 Å². The lowest BCUT2D eigenvalue weighted by Gasteiger charge is -2.22. The van der Waals surface area contributed by atoms with Crippen molar-refractivity contribution >= 4 is 15.9 Å². The predicted molar refractivity (Wildman–Crippen MR) is 124 cm³/mol. The number of amides is 1. The SMILES string of the molecule is CCC(NC(=O)c1ccc(OC)c(S(=O)(=O)N2CCCCCC2)c1)c1ccccc1OC. The van der Waals surface area contributed by atoms with Crippen LogP contribution in [-0.2, 0) is 10.0 Å². The molecule has 7 nitrogen and oxygen atoms in total. The number of carbonyl (C=O) groups is 1. The second-order valence-electron chi connectivity index (χ2n) is 7.86. The zero-order valence-corrected chi connectivity index (χ0v) is 19.8. The van der Waals surface area contributed by atoms with Crippen molar-refractivity contribution in [3.8, 4) is 11.5 Å². The molecule has 0 aliphatic carbocycles. The smallest absolute Gasteiger partial charge is 0.251 e. The molecule has 0 saturated carbocycles. The van der Waals surface area contributed by atoms with Crippen molar-refractivity contribution in [2.24, 2.45) is 0 Å². The Kier molecular flexibility index (Phi) is 8.15. The molecule has 1 saturated heterocycles. The number of ether oxygens (including phenoxy) is 2. The van der Waals surface area contributed by atoms with Gasteiger partial charge in [0.05, 0.1) is 20.3 Å². The van der Waals surface area contributed by atoms with Crippen LogP contribution >= 0.6 is 0 Å². The van der Waals surface area contributed by atoms with Gasteiger partial charge in [-0.2, -0.15) is 4.31 Å². The van der Waals surface area contributed by atoms with Crippen LogP contribution in [0.15, 0.2) is 47.4 Å². The Morgan fingerprint density at radius 1 is 1.00 bits per heavy atom. The van der Waals surface area contributed by atoms with Gasteiger partial charge in [0.15, 0.2) is 0 Å². The van der Waals surface area contributed by atoms with Crippen LogP contribution in [0.4, 0.5) is 0 Å². The lowest BCUT2D eigenvalue weighted by atomic mass is 10.0. The van der Waals surface area contributed by atoms with Crippen molar-refractivity contribution in [2.45, 2.75) is 50.0 Å². The lowest BCUT2D eigenvalue weighted by molar-refractivity contribution is 0.0935. The van der Waals surface area contributed by atoms with Gasteiger partial charge in [0, 0.05) is 24.2 Å². The van der Waals surface area contributed by atoms with E-state index in [0.717, 1.165) is 31.2 Å². The number of sulfonamides is 1. The summed E-state index contributed by atoms with van der Waals surface area (Å²) in [4.78, 5) is 13.1. The molecule has 1 unspecified atom stereocenters. The summed E-state index contributed by atoms with van der Waals surface area (Å²) in [5.41, 5.74) is 1.14. The summed E-state index contributed by atoms with van der Waals surface area (Å²) in [6.45, 7) is 2.93. The highest BCUT2D eigenvalue weighted by molar-refractivity contribution is 7.89. The molecule has 32 heavy (non-hydrogen) atoms. The second kappa shape index (κ2) is 10.8. The number of nitrogens with zero attached hydrogens (tertiary/aromatic N) is 1. The minimum atomic E-state index is -3.77. The third-order valence-corrected chi connectivity index (χ3v) is 7.76. The van der Waals surface area contributed by atoms with Gasteiger partial charge in [-0.25, -0.2) is 8.42 Å². The van der Waals surface area contributed by atoms with Gasteiger partial charge in [-0.1, -0.05) is 38.0 Å². The van der Waals surface area contributed by atoms with Crippen LogP contribution in [0.5, 0.6) is 11.5 Å². The summed E-state index contributed by atoms with van der Waals surface area (Å²) < 4.78 is 39.0. The van der Waals surface area contributed by atoms with Gasteiger partial charge in [0.2, 0.25) is 10.0 Å². The highest BCUT2D eigenvalue weighted by Crippen LogP contribution is 2.31. The summed E-state index contributed by atoms with van der Waals surface area (Å²) in [7, 11) is -0.743. The maximum Gasteiger partial charge on any atom is 0.251 e. The fourth-order valence-corrected chi connectivity index (χ4v) is 5.73. The van der Waals surface area contributed by atoms with Crippen molar-refractivity contribution < 1.29 is 22.7 Å². The van der Waals surface area contributed by atoms with Crippen LogP contribution in [0, 0.1) is 0 Å². The van der Waals surface area contributed by atoms with E-state index in [9.17, 15) is 13.2 Å². The normalized spacial score (nSPS) is 16.1. The zero-order chi connectivity index (χ0) is 23.1. The highest BCUT2D eigenvalue weighted by Gasteiger charge is 2.29. The van der Waals surface area contributed by atoms with Crippen molar-refractivity contribution in [1.29, 1.82) is 0 Å². The van der Waals surface area contributed by atoms with E-state index in [1.807, 2.05) is 31.2 Å². The Balaban J connectivity index is 1.90. The highest BCUT2D eigenvalue weighted by atomic mass is 32.2. The monoisotopic (exact) mass is 460 g/mol. The van der Waals surface area contributed by atoms with Crippen molar-refractivity contribution in [3.05, 3.63) is 53.6 Å². The molecule has 0 bridgehead atoms. The number of nitrogens with one attached hydrogen (secondary N) is 1. The van der Waals surface area contributed by atoms with E-state index in [2.05, 4.69) is 5.32 Å². The van der Waals surface area contributed by atoms with Crippen LogP contribution in [0.3, 0.4) is 0 Å². The van der Waals surface area contributed by atoms with Crippen molar-refractivity contribution in [3.63, 3.8) is 0 Å². The van der Waals surface area contributed by atoms with E-state index >= 15 is 0 Å². The fraction of sp³-hybridized carbons (Fsp3) is 0.458. The van der Waals surface area contributed by atoms with Gasteiger partial charge in [-0.05, 0) is 43.5 Å². The molecule has 8 heteroatoms. The van der Waals surface area contributed by atoms with E-state index in [-0.39, 0.29) is 28.2 Å². The number of rotatable bonds is 8. The van der Waals surface area contributed by atoms with E-state index in [1.165, 1.54) is 17.5 Å². The number of benzene rings is 2. The Hall–Kier alpha value is -2.58. The molecule has 1 aliphatic rings. The standard InChI is InChI=1S/C24H32N2O5S/c1-4-20(19-11-7-8-12-21(19)30-2)25-24(27)18-13-14-22(31-3)23(17-18)32(28,29)26-15-9-5-6-10-16-26/h7-8,11-14,17,20H,4-6,9-10,15-16H2,1-3H3,(H,25,27). The molecule has 1 N–H and O–H groups in total. The van der Waals surface area contributed by atoms with E-state index in [1.54, 1.807) is 19.2 Å². The van der Waals surface area contributed by atoms with Crippen molar-refractivity contribution in [1.82, 2.24) is 9.62 Å². The molecular weight excluding hydrogens is 428 g/mol. The van der Waals surface area contributed by atoms with Gasteiger partial charge in [-0.15, -0.1) is 0 Å². The molecule has 1 amide bonds. The lowest BCUT2D eigenvalue weighted by Crippen LogP contribution is -2.33. The van der Waals surface area contributed by atoms with Crippen LogP contribution in [-0.4, -0.2) is 45.9 Å². The van der Waals surface area contributed by atoms with E-state index in [0.29, 0.717) is 25.3 Å². The first-order valence-electron chi connectivity index (χ1n) is 11.0. The number of hydrogen-bond acceptors (Lipinski definition) is 5. The second-order valence-corrected chi connectivity index (χ2v) is 9.77. The summed E-state index contributed by atoms with van der Waals surface area (Å²) in [6.07, 6.45) is 4.36. The molecule has 1 aliphatic heterocycles. The van der Waals surface area contributed by atoms with Gasteiger partial charge in [-0.3, -0.25) is 4.79 Å². The maximum absolute atomic E-state index is 13.4. The number of hydrogen-bond donors (Lipinski definition) is 1. The van der Waals surface area contributed by atoms with Crippen LogP contribution in [0.25, 0.3) is 0 Å². The third kappa shape index (κ3) is 5.24. The summed E-state index contributed by atoms with van der Waals surface area (Å²) >= 11 is 0. The molecular formula is C24H32N2O5S. The first-order valence-corrected chi connectivity index (χ1v) is 12.5. The average Bonchev–Trinajstić information content (AvgIpc) is 3.12. The molecule has 174 valence electrons. The van der Waals surface area contributed by atoms with Gasteiger partial charge in [0.1, 0.15) is 16.4 Å². The number of para-hydroxylation sites is 1. The Labute approximate surface area is 190 Å². The first-order chi connectivity index (χ1) is 15.4. The topological polar surface area (TPSA) is 84.9 Å². The summed E-state index contributed by atoms with van der Waals surface area (Å²) in [6, 6.07) is 11.8. The zero-order valence-electron chi connectivity index (χ0n) is 19.0. The Morgan fingerprint density at radius 2 is 1.66 bits per heavy atom. The van der Waals surface area contributed by atoms with Crippen LogP contribution in [0.2, 0.25) is 0 Å². The minimum Gasteiger partial charge on any atom is -0.496 e. The Bertz CT molecular complexity index is 1030. The number of methoxy groups -OCH3 is 2. The molecule has 2 aromatic carbocycles. The van der Waals surface area contributed by atoms with Gasteiger partial charge in [0.25, 0.3) is 5.91 Å². The predicted octanol–water partition coefficient (Wildman–Crippen LogP) is 4.15. The summed E-state index contributed by atoms with van der Waals surface area (Å²) in [5.74, 6) is 0.583. The molecule has 1 heterocycles. The fourth-order valence-electron chi connectivity index (χ4n) is 4.04. The molecule has 0 radical (unpaired) electrons. The van der Waals surface area contributed by atoms with Gasteiger partial charge >= 0.3 is 0 Å². The minimum absolute atomic E-state index is 0.0277. The Morgan fingerprint density at radius 3 is 2.28 bits per heavy atom. The molecule has 1 atom stereocenters. The van der Waals surface area contributed by atoms with Crippen LogP contribution < -0.4 is 14.8 Å². The maximum atomic E-state index is 13.4. The molecule has 3 rings (SSSR count). The van der Waals surface area contributed by atoms with Gasteiger partial charge < -0.3 is 14.8 Å². The van der Waals surface area contributed by atoms with Crippen LogP contribution in [0.1, 0.15) is 61.0 Å².